The summed E-state index contributed by atoms with van der Waals surface area (Å²) in [7, 11) is 1.51. The summed E-state index contributed by atoms with van der Waals surface area (Å²) in [6, 6.07) is 23.4. The van der Waals surface area contributed by atoms with Crippen molar-refractivity contribution in [1.82, 2.24) is 10.3 Å². The maximum atomic E-state index is 14.3. The van der Waals surface area contributed by atoms with E-state index < -0.39 is 11.9 Å². The van der Waals surface area contributed by atoms with E-state index >= 15 is 0 Å². The van der Waals surface area contributed by atoms with Crippen molar-refractivity contribution in [3.8, 4) is 5.75 Å². The Morgan fingerprint density at radius 2 is 1.73 bits per heavy atom. The van der Waals surface area contributed by atoms with E-state index in [1.165, 1.54) is 24.1 Å². The second-order valence-electron chi connectivity index (χ2n) is 10.5. The van der Waals surface area contributed by atoms with E-state index in [0.29, 0.717) is 29.0 Å². The van der Waals surface area contributed by atoms with Crippen LogP contribution in [0.4, 0.5) is 10.1 Å². The van der Waals surface area contributed by atoms with Crippen molar-refractivity contribution < 1.29 is 18.7 Å². The van der Waals surface area contributed by atoms with Gasteiger partial charge in [-0.2, -0.15) is 0 Å². The van der Waals surface area contributed by atoms with Gasteiger partial charge in [0.2, 0.25) is 5.91 Å². The number of anilines is 1. The standard InChI is InChI=1S/C33H34FN3O3/c1-33(2,3)25-14-16-27(17-15-25)37(32(39)28-12-5-6-13-29(28)40-4)30(24-10-8-19-35-22-24)31(38)36-20-18-23-9-7-11-26(34)21-23/h5-17,19,21-22,30H,18,20H2,1-4H3,(H,36,38). The molecule has 1 heterocycles. The number of hydrogen-bond acceptors (Lipinski definition) is 4. The summed E-state index contributed by atoms with van der Waals surface area (Å²) in [5.74, 6) is -0.702. The van der Waals surface area contributed by atoms with Crippen molar-refractivity contribution in [2.24, 2.45) is 0 Å². The number of ether oxygens (including phenoxy) is 1. The molecule has 1 N–H and O–H groups in total. The minimum atomic E-state index is -1.03. The summed E-state index contributed by atoms with van der Waals surface area (Å²) in [6.07, 6.45) is 3.64. The Bertz CT molecular complexity index is 1450. The molecule has 1 aromatic heterocycles. The summed E-state index contributed by atoms with van der Waals surface area (Å²) in [4.78, 5) is 33.9. The molecule has 0 saturated carbocycles. The lowest BCUT2D eigenvalue weighted by Crippen LogP contribution is -2.44. The van der Waals surface area contributed by atoms with E-state index in [1.807, 2.05) is 30.3 Å². The van der Waals surface area contributed by atoms with Gasteiger partial charge in [-0.25, -0.2) is 4.39 Å². The molecule has 40 heavy (non-hydrogen) atoms. The second kappa shape index (κ2) is 12.6. The van der Waals surface area contributed by atoms with Gasteiger partial charge in [0.25, 0.3) is 5.91 Å². The summed E-state index contributed by atoms with van der Waals surface area (Å²) in [5.41, 5.74) is 3.20. The molecule has 4 rings (SSSR count). The molecule has 0 spiro atoms. The fourth-order valence-electron chi connectivity index (χ4n) is 4.53. The van der Waals surface area contributed by atoms with Crippen LogP contribution in [-0.4, -0.2) is 30.5 Å². The quantitative estimate of drug-likeness (QED) is 0.272. The normalized spacial score (nSPS) is 11.9. The van der Waals surface area contributed by atoms with Gasteiger partial charge in [-0.05, 0) is 65.4 Å². The highest BCUT2D eigenvalue weighted by molar-refractivity contribution is 6.11. The zero-order chi connectivity index (χ0) is 28.7. The van der Waals surface area contributed by atoms with Crippen LogP contribution in [0.15, 0.2) is 97.3 Å². The molecule has 206 valence electrons. The number of rotatable bonds is 9. The number of benzene rings is 3. The number of aromatic nitrogens is 1. The number of hydrogen-bond donors (Lipinski definition) is 1. The van der Waals surface area contributed by atoms with Gasteiger partial charge in [-0.1, -0.05) is 63.2 Å². The maximum absolute atomic E-state index is 14.3. The third kappa shape index (κ3) is 6.72. The van der Waals surface area contributed by atoms with Gasteiger partial charge in [0.1, 0.15) is 17.6 Å². The van der Waals surface area contributed by atoms with E-state index in [0.717, 1.165) is 11.1 Å². The zero-order valence-corrected chi connectivity index (χ0v) is 23.2. The number of amides is 2. The Morgan fingerprint density at radius 1 is 0.975 bits per heavy atom. The average Bonchev–Trinajstić information content (AvgIpc) is 2.95. The van der Waals surface area contributed by atoms with E-state index in [-0.39, 0.29) is 23.7 Å². The van der Waals surface area contributed by atoms with Crippen LogP contribution < -0.4 is 15.0 Å². The Morgan fingerprint density at radius 3 is 2.38 bits per heavy atom. The number of carbonyl (C=O) groups excluding carboxylic acids is 2. The number of methoxy groups -OCH3 is 1. The molecule has 0 saturated heterocycles. The van der Waals surface area contributed by atoms with Crippen molar-refractivity contribution >= 4 is 17.5 Å². The summed E-state index contributed by atoms with van der Waals surface area (Å²) in [5, 5.41) is 2.96. The molecule has 0 bridgehead atoms. The largest absolute Gasteiger partial charge is 0.496 e. The lowest BCUT2D eigenvalue weighted by molar-refractivity contribution is -0.122. The smallest absolute Gasteiger partial charge is 0.263 e. The topological polar surface area (TPSA) is 71.5 Å². The highest BCUT2D eigenvalue weighted by Crippen LogP contribution is 2.33. The van der Waals surface area contributed by atoms with Gasteiger partial charge in [0.05, 0.1) is 12.7 Å². The molecule has 0 aliphatic rings. The predicted molar refractivity (Wildman–Crippen MR) is 155 cm³/mol. The van der Waals surface area contributed by atoms with Crippen LogP contribution in [0, 0.1) is 5.82 Å². The van der Waals surface area contributed by atoms with Crippen LogP contribution in [0.3, 0.4) is 0 Å². The SMILES string of the molecule is COc1ccccc1C(=O)N(c1ccc(C(C)(C)C)cc1)C(C(=O)NCCc1cccc(F)c1)c1cccnc1. The Kier molecular flexibility index (Phi) is 8.94. The van der Waals surface area contributed by atoms with Crippen LogP contribution in [0.1, 0.15) is 53.9 Å². The van der Waals surface area contributed by atoms with Gasteiger partial charge in [0, 0.05) is 30.2 Å². The number of nitrogens with one attached hydrogen (secondary N) is 1. The van der Waals surface area contributed by atoms with E-state index in [1.54, 1.807) is 54.9 Å². The Labute approximate surface area is 234 Å². The van der Waals surface area contributed by atoms with E-state index in [4.69, 9.17) is 4.74 Å². The predicted octanol–water partition coefficient (Wildman–Crippen LogP) is 6.27. The number of carbonyl (C=O) groups is 2. The van der Waals surface area contributed by atoms with Crippen LogP contribution in [-0.2, 0) is 16.6 Å². The molecule has 0 aliphatic carbocycles. The third-order valence-corrected chi connectivity index (χ3v) is 6.68. The fraction of sp³-hybridized carbons (Fsp3) is 0.242. The highest BCUT2D eigenvalue weighted by atomic mass is 19.1. The van der Waals surface area contributed by atoms with Gasteiger partial charge in [0.15, 0.2) is 0 Å². The molecular weight excluding hydrogens is 505 g/mol. The van der Waals surface area contributed by atoms with E-state index in [9.17, 15) is 14.0 Å². The zero-order valence-electron chi connectivity index (χ0n) is 23.2. The lowest BCUT2D eigenvalue weighted by atomic mass is 9.87. The highest BCUT2D eigenvalue weighted by Gasteiger charge is 2.34. The number of halogens is 1. The second-order valence-corrected chi connectivity index (χ2v) is 10.5. The molecule has 3 aromatic carbocycles. The van der Waals surface area contributed by atoms with Crippen molar-refractivity contribution in [2.45, 2.75) is 38.6 Å². The Balaban J connectivity index is 1.76. The lowest BCUT2D eigenvalue weighted by Gasteiger charge is -2.32. The summed E-state index contributed by atoms with van der Waals surface area (Å²) in [6.45, 7) is 6.61. The number of para-hydroxylation sites is 1. The van der Waals surface area contributed by atoms with Gasteiger partial charge in [-0.3, -0.25) is 19.5 Å². The first-order chi connectivity index (χ1) is 19.2. The molecule has 4 aromatic rings. The first-order valence-electron chi connectivity index (χ1n) is 13.2. The monoisotopic (exact) mass is 539 g/mol. The van der Waals surface area contributed by atoms with E-state index in [2.05, 4.69) is 31.1 Å². The molecule has 1 atom stereocenters. The summed E-state index contributed by atoms with van der Waals surface area (Å²) < 4.78 is 19.2. The maximum Gasteiger partial charge on any atom is 0.263 e. The van der Waals surface area contributed by atoms with Crippen LogP contribution in [0.2, 0.25) is 0 Å². The van der Waals surface area contributed by atoms with Gasteiger partial charge in [-0.15, -0.1) is 0 Å². The number of pyridine rings is 1. The molecule has 0 aliphatic heterocycles. The number of nitrogens with zero attached hydrogens (tertiary/aromatic N) is 2. The molecule has 1 unspecified atom stereocenters. The van der Waals surface area contributed by atoms with Crippen molar-refractivity contribution in [3.63, 3.8) is 0 Å². The van der Waals surface area contributed by atoms with Crippen LogP contribution >= 0.6 is 0 Å². The molecular formula is C33H34FN3O3. The van der Waals surface area contributed by atoms with Crippen molar-refractivity contribution in [1.29, 1.82) is 0 Å². The van der Waals surface area contributed by atoms with Gasteiger partial charge >= 0.3 is 0 Å². The average molecular weight is 540 g/mol. The Hall–Kier alpha value is -4.52. The molecule has 6 nitrogen and oxygen atoms in total. The molecule has 2 amide bonds. The molecule has 7 heteroatoms. The van der Waals surface area contributed by atoms with Crippen LogP contribution in [0.5, 0.6) is 5.75 Å². The fourth-order valence-corrected chi connectivity index (χ4v) is 4.53. The first-order valence-corrected chi connectivity index (χ1v) is 13.2. The minimum absolute atomic E-state index is 0.0902. The van der Waals surface area contributed by atoms with Gasteiger partial charge < -0.3 is 10.1 Å². The van der Waals surface area contributed by atoms with Crippen molar-refractivity contribution in [3.05, 3.63) is 125 Å². The third-order valence-electron chi connectivity index (χ3n) is 6.68. The minimum Gasteiger partial charge on any atom is -0.496 e. The summed E-state index contributed by atoms with van der Waals surface area (Å²) >= 11 is 0. The molecule has 0 radical (unpaired) electrons. The van der Waals surface area contributed by atoms with Crippen LogP contribution in [0.25, 0.3) is 0 Å². The molecule has 0 fully saturated rings. The first kappa shape index (κ1) is 28.5. The van der Waals surface area contributed by atoms with Crippen molar-refractivity contribution in [2.75, 3.05) is 18.6 Å².